The monoisotopic (exact) mass is 302 g/mol. The Morgan fingerprint density at radius 2 is 1.39 bits per heavy atom. The number of ether oxygens (including phenoxy) is 1. The van der Waals surface area contributed by atoms with Crippen LogP contribution in [0.5, 0.6) is 0 Å². The molecule has 0 aliphatic rings. The molecular formula is C21H18O2. The van der Waals surface area contributed by atoms with Crippen molar-refractivity contribution in [2.75, 3.05) is 0 Å². The fourth-order valence-electron chi connectivity index (χ4n) is 2.48. The molecule has 1 atom stereocenters. The molecule has 3 aromatic carbocycles. The quantitative estimate of drug-likeness (QED) is 0.613. The Bertz CT molecular complexity index is 779. The molecule has 0 radical (unpaired) electrons. The van der Waals surface area contributed by atoms with Crippen molar-refractivity contribution in [1.82, 2.24) is 0 Å². The zero-order valence-electron chi connectivity index (χ0n) is 13.0. The fraction of sp³-hybridized carbons (Fsp3) is 0.0952. The molecule has 0 aliphatic carbocycles. The molecule has 0 fully saturated rings. The van der Waals surface area contributed by atoms with Crippen LogP contribution < -0.4 is 0 Å². The van der Waals surface area contributed by atoms with E-state index in [1.54, 1.807) is 6.07 Å². The predicted octanol–water partition coefficient (Wildman–Crippen LogP) is 5.27. The van der Waals surface area contributed by atoms with Crippen molar-refractivity contribution in [2.24, 2.45) is 0 Å². The summed E-state index contributed by atoms with van der Waals surface area (Å²) in [5.41, 5.74) is 3.64. The lowest BCUT2D eigenvalue weighted by Gasteiger charge is -2.14. The average molecular weight is 302 g/mol. The van der Waals surface area contributed by atoms with Crippen molar-refractivity contribution >= 4 is 5.97 Å². The second-order valence-electron chi connectivity index (χ2n) is 5.41. The maximum atomic E-state index is 12.4. The highest BCUT2D eigenvalue weighted by Gasteiger charge is 2.14. The maximum Gasteiger partial charge on any atom is 0.338 e. The first-order valence-corrected chi connectivity index (χ1v) is 7.65. The molecule has 0 bridgehead atoms. The van der Waals surface area contributed by atoms with Crippen LogP contribution in [0.3, 0.4) is 0 Å². The molecule has 0 amide bonds. The number of rotatable bonds is 4. The van der Waals surface area contributed by atoms with E-state index in [1.165, 1.54) is 0 Å². The van der Waals surface area contributed by atoms with Gasteiger partial charge in [-0.2, -0.15) is 0 Å². The molecular weight excluding hydrogens is 284 g/mol. The molecule has 0 spiro atoms. The Hall–Kier alpha value is -2.87. The highest BCUT2D eigenvalue weighted by molar-refractivity contribution is 5.91. The van der Waals surface area contributed by atoms with Crippen molar-refractivity contribution in [1.29, 1.82) is 0 Å². The summed E-state index contributed by atoms with van der Waals surface area (Å²) in [6.07, 6.45) is -0.274. The van der Waals surface area contributed by atoms with Crippen LogP contribution in [0.2, 0.25) is 0 Å². The summed E-state index contributed by atoms with van der Waals surface area (Å²) in [6.45, 7) is 1.88. The predicted molar refractivity (Wildman–Crippen MR) is 92.2 cm³/mol. The zero-order chi connectivity index (χ0) is 16.1. The van der Waals surface area contributed by atoms with E-state index in [9.17, 15) is 4.79 Å². The minimum Gasteiger partial charge on any atom is -0.454 e. The van der Waals surface area contributed by atoms with Crippen molar-refractivity contribution < 1.29 is 9.53 Å². The van der Waals surface area contributed by atoms with Gasteiger partial charge >= 0.3 is 5.97 Å². The molecule has 0 aromatic heterocycles. The summed E-state index contributed by atoms with van der Waals surface area (Å²) in [5, 5.41) is 0. The highest BCUT2D eigenvalue weighted by atomic mass is 16.5. The Balaban J connectivity index is 1.78. The Morgan fingerprint density at radius 1 is 0.783 bits per heavy atom. The minimum atomic E-state index is -0.306. The minimum absolute atomic E-state index is 0.274. The van der Waals surface area contributed by atoms with E-state index < -0.39 is 0 Å². The van der Waals surface area contributed by atoms with Gasteiger partial charge in [-0.05, 0) is 35.7 Å². The first-order chi connectivity index (χ1) is 11.2. The lowest BCUT2D eigenvalue weighted by Crippen LogP contribution is -2.09. The SMILES string of the molecule is CC(OC(=O)c1cccc(-c2ccccc2)c1)c1ccccc1. The largest absolute Gasteiger partial charge is 0.454 e. The average Bonchev–Trinajstić information content (AvgIpc) is 2.63. The van der Waals surface area contributed by atoms with E-state index in [4.69, 9.17) is 4.74 Å². The third-order valence-electron chi connectivity index (χ3n) is 3.76. The van der Waals surface area contributed by atoms with E-state index in [0.29, 0.717) is 5.56 Å². The van der Waals surface area contributed by atoms with Crippen LogP contribution in [-0.4, -0.2) is 5.97 Å². The van der Waals surface area contributed by atoms with Crippen molar-refractivity contribution in [3.63, 3.8) is 0 Å². The summed E-state index contributed by atoms with van der Waals surface area (Å²) < 4.78 is 5.57. The van der Waals surface area contributed by atoms with E-state index in [-0.39, 0.29) is 12.1 Å². The number of benzene rings is 3. The molecule has 3 aromatic rings. The van der Waals surface area contributed by atoms with E-state index >= 15 is 0 Å². The molecule has 0 saturated heterocycles. The van der Waals surface area contributed by atoms with Crippen molar-refractivity contribution in [3.05, 3.63) is 96.1 Å². The molecule has 3 rings (SSSR count). The van der Waals surface area contributed by atoms with Gasteiger partial charge in [0.15, 0.2) is 0 Å². The topological polar surface area (TPSA) is 26.3 Å². The third kappa shape index (κ3) is 3.67. The second-order valence-corrected chi connectivity index (χ2v) is 5.41. The summed E-state index contributed by atoms with van der Waals surface area (Å²) in [5.74, 6) is -0.306. The first-order valence-electron chi connectivity index (χ1n) is 7.65. The van der Waals surface area contributed by atoms with Crippen LogP contribution in [0.25, 0.3) is 11.1 Å². The lowest BCUT2D eigenvalue weighted by molar-refractivity contribution is 0.0338. The summed E-state index contributed by atoms with van der Waals surface area (Å²) in [7, 11) is 0. The number of esters is 1. The normalized spacial score (nSPS) is 11.7. The third-order valence-corrected chi connectivity index (χ3v) is 3.76. The van der Waals surface area contributed by atoms with Crippen LogP contribution in [0.15, 0.2) is 84.9 Å². The van der Waals surface area contributed by atoms with Gasteiger partial charge in [0.25, 0.3) is 0 Å². The lowest BCUT2D eigenvalue weighted by atomic mass is 10.0. The molecule has 0 saturated carbocycles. The van der Waals surface area contributed by atoms with Gasteiger partial charge in [0.2, 0.25) is 0 Å². The fourth-order valence-corrected chi connectivity index (χ4v) is 2.48. The number of carbonyl (C=O) groups is 1. The molecule has 0 heterocycles. The van der Waals surface area contributed by atoms with E-state index in [2.05, 4.69) is 0 Å². The highest BCUT2D eigenvalue weighted by Crippen LogP contribution is 2.22. The maximum absolute atomic E-state index is 12.4. The van der Waals surface area contributed by atoms with Gasteiger partial charge in [-0.25, -0.2) is 4.79 Å². The molecule has 0 N–H and O–H groups in total. The van der Waals surface area contributed by atoms with Gasteiger partial charge < -0.3 is 4.74 Å². The van der Waals surface area contributed by atoms with E-state index in [0.717, 1.165) is 16.7 Å². The molecule has 23 heavy (non-hydrogen) atoms. The van der Waals surface area contributed by atoms with Crippen LogP contribution in [0.4, 0.5) is 0 Å². The molecule has 2 heteroatoms. The van der Waals surface area contributed by atoms with Crippen LogP contribution in [0.1, 0.15) is 28.9 Å². The van der Waals surface area contributed by atoms with Gasteiger partial charge in [-0.1, -0.05) is 72.8 Å². The first kappa shape index (κ1) is 15.0. The second kappa shape index (κ2) is 6.93. The van der Waals surface area contributed by atoms with Crippen molar-refractivity contribution in [2.45, 2.75) is 13.0 Å². The van der Waals surface area contributed by atoms with Gasteiger partial charge in [-0.15, -0.1) is 0 Å². The van der Waals surface area contributed by atoms with Crippen LogP contribution in [0, 0.1) is 0 Å². The number of hydrogen-bond acceptors (Lipinski definition) is 2. The smallest absolute Gasteiger partial charge is 0.338 e. The van der Waals surface area contributed by atoms with Gasteiger partial charge in [0, 0.05) is 0 Å². The Morgan fingerprint density at radius 3 is 2.09 bits per heavy atom. The van der Waals surface area contributed by atoms with Gasteiger partial charge in [0.05, 0.1) is 5.56 Å². The zero-order valence-corrected chi connectivity index (χ0v) is 13.0. The van der Waals surface area contributed by atoms with Crippen LogP contribution >= 0.6 is 0 Å². The Labute approximate surface area is 136 Å². The summed E-state index contributed by atoms with van der Waals surface area (Å²) in [6, 6.07) is 27.3. The number of carbonyl (C=O) groups excluding carboxylic acids is 1. The molecule has 0 aliphatic heterocycles. The van der Waals surface area contributed by atoms with Crippen molar-refractivity contribution in [3.8, 4) is 11.1 Å². The summed E-state index contributed by atoms with van der Waals surface area (Å²) >= 11 is 0. The standard InChI is InChI=1S/C21H18O2/c1-16(17-9-4-2-5-10-17)23-21(22)20-14-8-13-19(15-20)18-11-6-3-7-12-18/h2-16H,1H3. The molecule has 114 valence electrons. The Kier molecular flexibility index (Phi) is 4.53. The summed E-state index contributed by atoms with van der Waals surface area (Å²) in [4.78, 5) is 12.4. The number of hydrogen-bond donors (Lipinski definition) is 0. The van der Waals surface area contributed by atoms with Gasteiger partial charge in [-0.3, -0.25) is 0 Å². The van der Waals surface area contributed by atoms with Gasteiger partial charge in [0.1, 0.15) is 6.10 Å². The van der Waals surface area contributed by atoms with E-state index in [1.807, 2.05) is 85.8 Å². The molecule has 2 nitrogen and oxygen atoms in total. The molecule has 1 unspecified atom stereocenters. The van der Waals surface area contributed by atoms with Crippen LogP contribution in [-0.2, 0) is 4.74 Å².